The molecule has 2 aliphatic carbocycles. The summed E-state index contributed by atoms with van der Waals surface area (Å²) < 4.78 is 0. The highest BCUT2D eigenvalue weighted by atomic mass is 16.1. The largest absolute Gasteiger partial charge is 0.355 e. The van der Waals surface area contributed by atoms with E-state index < -0.39 is 0 Å². The molecule has 0 aromatic rings. The van der Waals surface area contributed by atoms with Gasteiger partial charge >= 0.3 is 0 Å². The molecule has 0 atom stereocenters. The summed E-state index contributed by atoms with van der Waals surface area (Å²) in [4.78, 5) is 11.9. The van der Waals surface area contributed by atoms with Gasteiger partial charge in [-0.15, -0.1) is 0 Å². The molecule has 2 saturated carbocycles. The predicted octanol–water partition coefficient (Wildman–Crippen LogP) is 2.87. The van der Waals surface area contributed by atoms with Crippen LogP contribution in [0.15, 0.2) is 0 Å². The van der Waals surface area contributed by atoms with E-state index >= 15 is 0 Å². The molecule has 86 valence electrons. The van der Waals surface area contributed by atoms with Crippen LogP contribution >= 0.6 is 0 Å². The molecular formula is C13H23NO. The minimum absolute atomic E-state index is 0.322. The molecule has 15 heavy (non-hydrogen) atoms. The lowest BCUT2D eigenvalue weighted by Gasteiger charge is -2.38. The Bertz CT molecular complexity index is 227. The molecule has 1 N–H and O–H groups in total. The lowest BCUT2D eigenvalue weighted by molar-refractivity contribution is -0.126. The van der Waals surface area contributed by atoms with Crippen molar-refractivity contribution in [1.82, 2.24) is 5.32 Å². The molecule has 2 fully saturated rings. The molecule has 2 rings (SSSR count). The maximum Gasteiger partial charge on any atom is 0.223 e. The fourth-order valence-electron chi connectivity index (χ4n) is 2.77. The minimum Gasteiger partial charge on any atom is -0.355 e. The zero-order chi connectivity index (χ0) is 10.7. The van der Waals surface area contributed by atoms with E-state index in [1.807, 2.05) is 0 Å². The van der Waals surface area contributed by atoms with Crippen LogP contribution in [0.3, 0.4) is 0 Å². The van der Waals surface area contributed by atoms with Crippen molar-refractivity contribution in [2.45, 2.75) is 58.3 Å². The first-order valence-electron chi connectivity index (χ1n) is 6.47. The maximum absolute atomic E-state index is 11.9. The van der Waals surface area contributed by atoms with E-state index in [1.165, 1.54) is 38.5 Å². The molecule has 0 aromatic carbocycles. The highest BCUT2D eigenvalue weighted by molar-refractivity contribution is 5.78. The summed E-state index contributed by atoms with van der Waals surface area (Å²) in [5, 5.41) is 3.16. The third-order valence-corrected chi connectivity index (χ3v) is 4.23. The van der Waals surface area contributed by atoms with Gasteiger partial charge in [-0.2, -0.15) is 0 Å². The lowest BCUT2D eigenvalue weighted by Crippen LogP contribution is -2.42. The van der Waals surface area contributed by atoms with Crippen molar-refractivity contribution < 1.29 is 4.79 Å². The Kier molecular flexibility index (Phi) is 3.32. The zero-order valence-corrected chi connectivity index (χ0v) is 9.85. The van der Waals surface area contributed by atoms with Gasteiger partial charge in [0.2, 0.25) is 5.91 Å². The summed E-state index contributed by atoms with van der Waals surface area (Å²) in [5.74, 6) is 0.644. The van der Waals surface area contributed by atoms with Crippen LogP contribution in [0.4, 0.5) is 0 Å². The first kappa shape index (κ1) is 11.0. The molecule has 2 heteroatoms. The van der Waals surface area contributed by atoms with E-state index in [9.17, 15) is 4.79 Å². The van der Waals surface area contributed by atoms with Crippen LogP contribution in [0.25, 0.3) is 0 Å². The van der Waals surface area contributed by atoms with Crippen molar-refractivity contribution in [2.24, 2.45) is 11.3 Å². The van der Waals surface area contributed by atoms with Crippen molar-refractivity contribution in [2.75, 3.05) is 6.54 Å². The quantitative estimate of drug-likeness (QED) is 0.761. The molecule has 2 nitrogen and oxygen atoms in total. The molecule has 0 saturated heterocycles. The van der Waals surface area contributed by atoms with Gasteiger partial charge in [-0.3, -0.25) is 4.79 Å². The zero-order valence-electron chi connectivity index (χ0n) is 9.85. The van der Waals surface area contributed by atoms with Crippen LogP contribution in [-0.4, -0.2) is 12.5 Å². The molecule has 0 heterocycles. The Morgan fingerprint density at radius 2 is 1.87 bits per heavy atom. The first-order chi connectivity index (χ1) is 7.20. The number of hydrogen-bond acceptors (Lipinski definition) is 1. The van der Waals surface area contributed by atoms with E-state index in [1.54, 1.807) is 0 Å². The van der Waals surface area contributed by atoms with Gasteiger partial charge in [-0.05, 0) is 31.1 Å². The highest BCUT2D eigenvalue weighted by Crippen LogP contribution is 2.39. The molecule has 0 unspecified atom stereocenters. The predicted molar refractivity (Wildman–Crippen MR) is 61.5 cm³/mol. The number of nitrogens with one attached hydrogen (secondary N) is 1. The second-order valence-corrected chi connectivity index (χ2v) is 5.72. The molecule has 0 aliphatic heterocycles. The standard InChI is InChI=1S/C13H23NO/c1-13(8-5-9-13)10-14-12(15)11-6-3-2-4-7-11/h11H,2-10H2,1H3,(H,14,15). The van der Waals surface area contributed by atoms with E-state index in [-0.39, 0.29) is 0 Å². The summed E-state index contributed by atoms with van der Waals surface area (Å²) in [6.07, 6.45) is 9.96. The van der Waals surface area contributed by atoms with Gasteiger partial charge in [0.1, 0.15) is 0 Å². The third-order valence-electron chi connectivity index (χ3n) is 4.23. The fraction of sp³-hybridized carbons (Fsp3) is 0.923. The molecule has 0 bridgehead atoms. The number of rotatable bonds is 3. The van der Waals surface area contributed by atoms with Crippen molar-refractivity contribution in [3.63, 3.8) is 0 Å². The SMILES string of the molecule is CC1(CNC(=O)C2CCCCC2)CCC1. The summed E-state index contributed by atoms with van der Waals surface area (Å²) in [7, 11) is 0. The molecule has 1 amide bonds. The third kappa shape index (κ3) is 2.73. The van der Waals surface area contributed by atoms with Gasteiger partial charge in [0, 0.05) is 12.5 Å². The van der Waals surface area contributed by atoms with Crippen LogP contribution in [0.1, 0.15) is 58.3 Å². The molecule has 0 radical (unpaired) electrons. The summed E-state index contributed by atoms with van der Waals surface area (Å²) in [6, 6.07) is 0. The van der Waals surface area contributed by atoms with E-state index in [4.69, 9.17) is 0 Å². The lowest BCUT2D eigenvalue weighted by atomic mass is 9.70. The van der Waals surface area contributed by atoms with E-state index in [2.05, 4.69) is 12.2 Å². The summed E-state index contributed by atoms with van der Waals surface area (Å²) >= 11 is 0. The molecule has 0 spiro atoms. The topological polar surface area (TPSA) is 29.1 Å². The first-order valence-corrected chi connectivity index (χ1v) is 6.47. The Hall–Kier alpha value is -0.530. The van der Waals surface area contributed by atoms with Gasteiger partial charge < -0.3 is 5.32 Å². The van der Waals surface area contributed by atoms with Gasteiger partial charge in [-0.25, -0.2) is 0 Å². The second-order valence-electron chi connectivity index (χ2n) is 5.72. The molecular weight excluding hydrogens is 186 g/mol. The maximum atomic E-state index is 11.9. The number of amides is 1. The van der Waals surface area contributed by atoms with Crippen molar-refractivity contribution >= 4 is 5.91 Å². The van der Waals surface area contributed by atoms with Crippen LogP contribution in [0.2, 0.25) is 0 Å². The van der Waals surface area contributed by atoms with Crippen LogP contribution in [0, 0.1) is 11.3 Å². The normalized spacial score (nSPS) is 25.7. The number of carbonyl (C=O) groups excluding carboxylic acids is 1. The van der Waals surface area contributed by atoms with Crippen molar-refractivity contribution in [3.8, 4) is 0 Å². The van der Waals surface area contributed by atoms with Gasteiger partial charge in [-0.1, -0.05) is 32.6 Å². The minimum atomic E-state index is 0.322. The van der Waals surface area contributed by atoms with Crippen molar-refractivity contribution in [1.29, 1.82) is 0 Å². The Morgan fingerprint density at radius 1 is 1.20 bits per heavy atom. The Balaban J connectivity index is 1.71. The monoisotopic (exact) mass is 209 g/mol. The number of carbonyl (C=O) groups is 1. The van der Waals surface area contributed by atoms with Crippen LogP contribution in [0.5, 0.6) is 0 Å². The second kappa shape index (κ2) is 4.54. The van der Waals surface area contributed by atoms with Crippen molar-refractivity contribution in [3.05, 3.63) is 0 Å². The summed E-state index contributed by atoms with van der Waals surface area (Å²) in [6.45, 7) is 3.19. The van der Waals surface area contributed by atoms with Gasteiger partial charge in [0.25, 0.3) is 0 Å². The fourth-order valence-corrected chi connectivity index (χ4v) is 2.77. The Morgan fingerprint density at radius 3 is 2.40 bits per heavy atom. The summed E-state index contributed by atoms with van der Waals surface area (Å²) in [5.41, 5.74) is 0.421. The average molecular weight is 209 g/mol. The van der Waals surface area contributed by atoms with Gasteiger partial charge in [0.05, 0.1) is 0 Å². The van der Waals surface area contributed by atoms with Gasteiger partial charge in [0.15, 0.2) is 0 Å². The molecule has 2 aliphatic rings. The number of hydrogen-bond donors (Lipinski definition) is 1. The van der Waals surface area contributed by atoms with E-state index in [0.717, 1.165) is 19.4 Å². The molecule has 0 aromatic heterocycles. The van der Waals surface area contributed by atoms with E-state index in [0.29, 0.717) is 17.2 Å². The van der Waals surface area contributed by atoms with Crippen LogP contribution < -0.4 is 5.32 Å². The van der Waals surface area contributed by atoms with Crippen LogP contribution in [-0.2, 0) is 4.79 Å². The highest BCUT2D eigenvalue weighted by Gasteiger charge is 2.32. The average Bonchev–Trinajstić information content (AvgIpc) is 2.24. The smallest absolute Gasteiger partial charge is 0.223 e. The Labute approximate surface area is 92.8 Å².